The number of hydrogen-bond acceptors (Lipinski definition) is 4. The van der Waals surface area contributed by atoms with Crippen LogP contribution in [0.5, 0.6) is 0 Å². The monoisotopic (exact) mass is 255 g/mol. The summed E-state index contributed by atoms with van der Waals surface area (Å²) in [6, 6.07) is 7.08. The van der Waals surface area contributed by atoms with Crippen molar-refractivity contribution in [3.8, 4) is 0 Å². The van der Waals surface area contributed by atoms with E-state index in [1.54, 1.807) is 0 Å². The fourth-order valence-corrected chi connectivity index (χ4v) is 2.93. The van der Waals surface area contributed by atoms with E-state index in [1.165, 1.54) is 29.7 Å². The zero-order chi connectivity index (χ0) is 12.8. The molecule has 1 aromatic carbocycles. The van der Waals surface area contributed by atoms with Gasteiger partial charge in [-0.15, -0.1) is 5.10 Å². The lowest BCUT2D eigenvalue weighted by Crippen LogP contribution is -2.22. The van der Waals surface area contributed by atoms with Gasteiger partial charge in [0.05, 0.1) is 12.6 Å². The van der Waals surface area contributed by atoms with Crippen LogP contribution in [-0.4, -0.2) is 26.8 Å². The molecule has 1 aliphatic heterocycles. The molecule has 1 aliphatic carbocycles. The van der Waals surface area contributed by atoms with E-state index in [1.807, 2.05) is 4.68 Å². The second kappa shape index (κ2) is 4.05. The van der Waals surface area contributed by atoms with Crippen LogP contribution in [-0.2, 0) is 13.0 Å². The minimum Gasteiger partial charge on any atom is -0.363 e. The SMILES string of the molecule is Cc1cccc2c1CCN2Cc1nnnn1C1CC1. The quantitative estimate of drug-likeness (QED) is 0.840. The van der Waals surface area contributed by atoms with Crippen LogP contribution in [0.3, 0.4) is 0 Å². The second-order valence-corrected chi connectivity index (χ2v) is 5.52. The van der Waals surface area contributed by atoms with Crippen molar-refractivity contribution in [2.75, 3.05) is 11.4 Å². The highest BCUT2D eigenvalue weighted by atomic mass is 15.6. The summed E-state index contributed by atoms with van der Waals surface area (Å²) in [7, 11) is 0. The van der Waals surface area contributed by atoms with Crippen molar-refractivity contribution in [1.82, 2.24) is 20.2 Å². The topological polar surface area (TPSA) is 46.8 Å². The number of anilines is 1. The first-order valence-electron chi connectivity index (χ1n) is 6.93. The van der Waals surface area contributed by atoms with Crippen LogP contribution in [0.15, 0.2) is 18.2 Å². The number of tetrazole rings is 1. The molecule has 4 rings (SSSR count). The first-order chi connectivity index (χ1) is 9.33. The van der Waals surface area contributed by atoms with Crippen LogP contribution >= 0.6 is 0 Å². The molecule has 0 N–H and O–H groups in total. The van der Waals surface area contributed by atoms with Crippen LogP contribution in [0.25, 0.3) is 0 Å². The number of aryl methyl sites for hydroxylation is 1. The van der Waals surface area contributed by atoms with E-state index in [0.717, 1.165) is 25.3 Å². The zero-order valence-electron chi connectivity index (χ0n) is 11.1. The Balaban J connectivity index is 1.62. The lowest BCUT2D eigenvalue weighted by atomic mass is 10.1. The van der Waals surface area contributed by atoms with E-state index in [0.29, 0.717) is 6.04 Å². The fourth-order valence-electron chi connectivity index (χ4n) is 2.93. The Morgan fingerprint density at radius 2 is 2.21 bits per heavy atom. The van der Waals surface area contributed by atoms with Gasteiger partial charge in [-0.25, -0.2) is 4.68 Å². The van der Waals surface area contributed by atoms with Gasteiger partial charge < -0.3 is 4.90 Å². The maximum atomic E-state index is 4.20. The highest BCUT2D eigenvalue weighted by Gasteiger charge is 2.29. The molecule has 0 radical (unpaired) electrons. The fraction of sp³-hybridized carbons (Fsp3) is 0.500. The molecule has 5 nitrogen and oxygen atoms in total. The molecule has 2 aromatic rings. The Hall–Kier alpha value is -1.91. The number of benzene rings is 1. The molecule has 98 valence electrons. The number of fused-ring (bicyclic) bond motifs is 1. The Kier molecular flexibility index (Phi) is 2.33. The first-order valence-corrected chi connectivity index (χ1v) is 6.93. The molecule has 2 aliphatic rings. The lowest BCUT2D eigenvalue weighted by Gasteiger charge is -2.18. The lowest BCUT2D eigenvalue weighted by molar-refractivity contribution is 0.576. The van der Waals surface area contributed by atoms with E-state index in [2.05, 4.69) is 45.5 Å². The number of nitrogens with zero attached hydrogens (tertiary/aromatic N) is 5. The highest BCUT2D eigenvalue weighted by molar-refractivity contribution is 5.60. The Bertz CT molecular complexity index is 614. The van der Waals surface area contributed by atoms with E-state index >= 15 is 0 Å². The summed E-state index contributed by atoms with van der Waals surface area (Å²) in [5.41, 5.74) is 4.22. The van der Waals surface area contributed by atoms with Gasteiger partial charge in [0.2, 0.25) is 0 Å². The largest absolute Gasteiger partial charge is 0.363 e. The summed E-state index contributed by atoms with van der Waals surface area (Å²) in [6.07, 6.45) is 3.56. The maximum Gasteiger partial charge on any atom is 0.170 e. The van der Waals surface area contributed by atoms with E-state index in [9.17, 15) is 0 Å². The second-order valence-electron chi connectivity index (χ2n) is 5.52. The van der Waals surface area contributed by atoms with Crippen molar-refractivity contribution in [3.63, 3.8) is 0 Å². The van der Waals surface area contributed by atoms with Crippen LogP contribution in [0, 0.1) is 6.92 Å². The molecule has 0 atom stereocenters. The molecule has 0 unspecified atom stereocenters. The number of hydrogen-bond donors (Lipinski definition) is 0. The van der Waals surface area contributed by atoms with Crippen molar-refractivity contribution in [2.45, 2.75) is 38.8 Å². The van der Waals surface area contributed by atoms with E-state index in [-0.39, 0.29) is 0 Å². The minimum atomic E-state index is 0.546. The van der Waals surface area contributed by atoms with Crippen LogP contribution in [0.4, 0.5) is 5.69 Å². The van der Waals surface area contributed by atoms with Crippen molar-refractivity contribution in [2.24, 2.45) is 0 Å². The summed E-state index contributed by atoms with van der Waals surface area (Å²) < 4.78 is 2.01. The van der Waals surface area contributed by atoms with Gasteiger partial charge >= 0.3 is 0 Å². The summed E-state index contributed by atoms with van der Waals surface area (Å²) in [5, 5.41) is 12.2. The molecular formula is C14H17N5. The van der Waals surface area contributed by atoms with Crippen molar-refractivity contribution in [1.29, 1.82) is 0 Å². The summed E-state index contributed by atoms with van der Waals surface area (Å²) >= 11 is 0. The average molecular weight is 255 g/mol. The third-order valence-electron chi connectivity index (χ3n) is 4.14. The molecule has 1 aromatic heterocycles. The highest BCUT2D eigenvalue weighted by Crippen LogP contribution is 2.36. The predicted octanol–water partition coefficient (Wildman–Crippen LogP) is 1.88. The van der Waals surface area contributed by atoms with Gasteiger partial charge in [-0.2, -0.15) is 0 Å². The smallest absolute Gasteiger partial charge is 0.170 e. The summed E-state index contributed by atoms with van der Waals surface area (Å²) in [5.74, 6) is 0.997. The Morgan fingerprint density at radius 3 is 3.05 bits per heavy atom. The van der Waals surface area contributed by atoms with Gasteiger partial charge in [-0.05, 0) is 53.8 Å². The van der Waals surface area contributed by atoms with Crippen LogP contribution in [0.2, 0.25) is 0 Å². The Morgan fingerprint density at radius 1 is 1.32 bits per heavy atom. The molecule has 2 heterocycles. The van der Waals surface area contributed by atoms with Gasteiger partial charge in [0.15, 0.2) is 5.82 Å². The third-order valence-corrected chi connectivity index (χ3v) is 4.14. The molecule has 0 saturated heterocycles. The maximum absolute atomic E-state index is 4.20. The molecule has 19 heavy (non-hydrogen) atoms. The molecular weight excluding hydrogens is 238 g/mol. The van der Waals surface area contributed by atoms with E-state index in [4.69, 9.17) is 0 Å². The van der Waals surface area contributed by atoms with Gasteiger partial charge in [0, 0.05) is 12.2 Å². The van der Waals surface area contributed by atoms with Gasteiger partial charge in [0.1, 0.15) is 0 Å². The third kappa shape index (κ3) is 1.80. The Labute approximate surface area is 112 Å². The zero-order valence-corrected chi connectivity index (χ0v) is 11.1. The average Bonchev–Trinajstić information content (AvgIpc) is 3.01. The van der Waals surface area contributed by atoms with Gasteiger partial charge in [-0.1, -0.05) is 12.1 Å². The van der Waals surface area contributed by atoms with Crippen molar-refractivity contribution in [3.05, 3.63) is 35.2 Å². The molecule has 0 spiro atoms. The predicted molar refractivity (Wildman–Crippen MR) is 72.0 cm³/mol. The number of rotatable bonds is 3. The molecule has 0 amide bonds. The van der Waals surface area contributed by atoms with E-state index < -0.39 is 0 Å². The molecule has 1 fully saturated rings. The van der Waals surface area contributed by atoms with Crippen LogP contribution in [0.1, 0.15) is 35.8 Å². The minimum absolute atomic E-state index is 0.546. The van der Waals surface area contributed by atoms with Gasteiger partial charge in [0.25, 0.3) is 0 Å². The standard InChI is InChI=1S/C14H17N5/c1-10-3-2-4-13-12(10)7-8-18(13)9-14-15-16-17-19(14)11-5-6-11/h2-4,11H,5-9H2,1H3. The number of aromatic nitrogens is 4. The van der Waals surface area contributed by atoms with Gasteiger partial charge in [-0.3, -0.25) is 0 Å². The summed E-state index contributed by atoms with van der Waals surface area (Å²) in [6.45, 7) is 4.08. The molecule has 5 heteroatoms. The van der Waals surface area contributed by atoms with Crippen molar-refractivity contribution < 1.29 is 0 Å². The first kappa shape index (κ1) is 11.0. The molecule has 1 saturated carbocycles. The van der Waals surface area contributed by atoms with Crippen molar-refractivity contribution >= 4 is 5.69 Å². The normalized spacial score (nSPS) is 17.8. The van der Waals surface area contributed by atoms with Crippen LogP contribution < -0.4 is 4.90 Å². The molecule has 0 bridgehead atoms. The summed E-state index contributed by atoms with van der Waals surface area (Å²) in [4.78, 5) is 2.40.